The first kappa shape index (κ1) is 31.4. The minimum Gasteiger partial charge on any atom is -0.480 e. The maximum atomic E-state index is 13.3. The molecule has 14 nitrogen and oxygen atoms in total. The van der Waals surface area contributed by atoms with Gasteiger partial charge >= 0.3 is 5.97 Å². The minimum absolute atomic E-state index is 0.0648. The van der Waals surface area contributed by atoms with E-state index in [0.29, 0.717) is 18.5 Å². The van der Waals surface area contributed by atoms with Crippen molar-refractivity contribution in [3.05, 3.63) is 18.2 Å². The van der Waals surface area contributed by atoms with Crippen LogP contribution in [-0.4, -0.2) is 75.4 Å². The van der Waals surface area contributed by atoms with Gasteiger partial charge in [-0.3, -0.25) is 19.4 Å². The number of nitrogens with two attached hydrogens (primary N) is 3. The van der Waals surface area contributed by atoms with Crippen LogP contribution in [0.3, 0.4) is 0 Å². The van der Waals surface area contributed by atoms with Crippen LogP contribution < -0.4 is 33.2 Å². The highest BCUT2D eigenvalue weighted by molar-refractivity contribution is 5.94. The van der Waals surface area contributed by atoms with Crippen LogP contribution in [0.1, 0.15) is 52.7 Å². The summed E-state index contributed by atoms with van der Waals surface area (Å²) in [6.07, 6.45) is 3.98. The van der Waals surface area contributed by atoms with Gasteiger partial charge < -0.3 is 43.2 Å². The molecular formula is C23H41N9O5. The summed E-state index contributed by atoms with van der Waals surface area (Å²) in [4.78, 5) is 61.4. The maximum absolute atomic E-state index is 13.3. The van der Waals surface area contributed by atoms with Gasteiger partial charge in [0.25, 0.3) is 0 Å². The molecule has 0 aliphatic rings. The second kappa shape index (κ2) is 15.4. The lowest BCUT2D eigenvalue weighted by Gasteiger charge is -2.26. The number of imidazole rings is 1. The molecular weight excluding hydrogens is 482 g/mol. The molecule has 0 saturated heterocycles. The Morgan fingerprint density at radius 1 is 1.05 bits per heavy atom. The lowest BCUT2D eigenvalue weighted by atomic mass is 9.98. The van der Waals surface area contributed by atoms with E-state index < -0.39 is 47.9 Å². The van der Waals surface area contributed by atoms with Crippen LogP contribution in [0.5, 0.6) is 0 Å². The Morgan fingerprint density at radius 2 is 1.68 bits per heavy atom. The van der Waals surface area contributed by atoms with Gasteiger partial charge in [0.05, 0.1) is 12.4 Å². The Kier molecular flexibility index (Phi) is 13.1. The number of carboxylic acids is 1. The van der Waals surface area contributed by atoms with Crippen molar-refractivity contribution in [1.29, 1.82) is 0 Å². The average molecular weight is 524 g/mol. The van der Waals surface area contributed by atoms with E-state index in [-0.39, 0.29) is 37.2 Å². The molecule has 208 valence electrons. The van der Waals surface area contributed by atoms with Gasteiger partial charge in [-0.25, -0.2) is 9.78 Å². The van der Waals surface area contributed by atoms with Gasteiger partial charge in [0.1, 0.15) is 18.1 Å². The van der Waals surface area contributed by atoms with Crippen LogP contribution >= 0.6 is 0 Å². The number of amides is 3. The first-order chi connectivity index (χ1) is 17.4. The minimum atomic E-state index is -1.18. The third kappa shape index (κ3) is 10.9. The monoisotopic (exact) mass is 523 g/mol. The number of nitrogens with one attached hydrogen (secondary N) is 4. The summed E-state index contributed by atoms with van der Waals surface area (Å²) >= 11 is 0. The van der Waals surface area contributed by atoms with Gasteiger partial charge in [0, 0.05) is 24.9 Å². The number of aromatic amines is 1. The van der Waals surface area contributed by atoms with Gasteiger partial charge in [-0.05, 0) is 24.7 Å². The largest absolute Gasteiger partial charge is 0.480 e. The highest BCUT2D eigenvalue weighted by Crippen LogP contribution is 2.10. The fraction of sp³-hybridized carbons (Fsp3) is 0.652. The van der Waals surface area contributed by atoms with Crippen LogP contribution in [0.15, 0.2) is 17.5 Å². The lowest BCUT2D eigenvalue weighted by molar-refractivity contribution is -0.144. The maximum Gasteiger partial charge on any atom is 0.326 e. The number of H-pyrrole nitrogens is 1. The number of carbonyl (C=O) groups excluding carboxylic acids is 3. The summed E-state index contributed by atoms with van der Waals surface area (Å²) in [5, 5.41) is 17.4. The molecule has 1 heterocycles. The predicted molar refractivity (Wildman–Crippen MR) is 138 cm³/mol. The summed E-state index contributed by atoms with van der Waals surface area (Å²) < 4.78 is 0. The van der Waals surface area contributed by atoms with E-state index in [1.54, 1.807) is 20.8 Å². The summed E-state index contributed by atoms with van der Waals surface area (Å²) in [5.74, 6) is -3.64. The number of aliphatic carboxylic acids is 1. The molecule has 3 amide bonds. The first-order valence-electron chi connectivity index (χ1n) is 12.3. The number of hydrogen-bond donors (Lipinski definition) is 8. The third-order valence-electron chi connectivity index (χ3n) is 5.99. The molecule has 5 atom stereocenters. The number of carboxylic acid groups (broad SMARTS) is 1. The Hall–Kier alpha value is -3.68. The zero-order valence-electron chi connectivity index (χ0n) is 21.9. The second-order valence-corrected chi connectivity index (χ2v) is 9.33. The SMILES string of the molecule is CC[C@H](C)[C@H](NC(=O)[C@H](CCCN=C(N)N)NC(=O)[C@H](Cc1cnc[nH]1)NC(=O)[C@@H](N)C(C)C)C(=O)O. The van der Waals surface area contributed by atoms with Crippen molar-refractivity contribution in [3.63, 3.8) is 0 Å². The van der Waals surface area contributed by atoms with E-state index >= 15 is 0 Å². The van der Waals surface area contributed by atoms with Gasteiger partial charge in [0.15, 0.2) is 5.96 Å². The zero-order chi connectivity index (χ0) is 28.1. The molecule has 11 N–H and O–H groups in total. The van der Waals surface area contributed by atoms with Gasteiger partial charge in [-0.15, -0.1) is 0 Å². The van der Waals surface area contributed by atoms with Crippen molar-refractivity contribution in [1.82, 2.24) is 25.9 Å². The molecule has 0 aromatic carbocycles. The highest BCUT2D eigenvalue weighted by atomic mass is 16.4. The van der Waals surface area contributed by atoms with E-state index in [0.717, 1.165) is 0 Å². The molecule has 0 saturated carbocycles. The van der Waals surface area contributed by atoms with E-state index in [4.69, 9.17) is 17.2 Å². The molecule has 1 rings (SSSR count). The molecule has 0 unspecified atom stereocenters. The van der Waals surface area contributed by atoms with Crippen LogP contribution in [0.4, 0.5) is 0 Å². The molecule has 1 aromatic rings. The summed E-state index contributed by atoms with van der Waals surface area (Å²) in [5.41, 5.74) is 17.2. The van der Waals surface area contributed by atoms with E-state index in [1.165, 1.54) is 12.5 Å². The quantitative estimate of drug-likeness (QED) is 0.0718. The summed E-state index contributed by atoms with van der Waals surface area (Å²) in [6.45, 7) is 7.28. The molecule has 0 fully saturated rings. The molecule has 0 radical (unpaired) electrons. The first-order valence-corrected chi connectivity index (χ1v) is 12.3. The predicted octanol–water partition coefficient (Wildman–Crippen LogP) is -1.43. The van der Waals surface area contributed by atoms with Gasteiger partial charge in [0.2, 0.25) is 17.7 Å². The van der Waals surface area contributed by atoms with Crippen molar-refractivity contribution in [3.8, 4) is 0 Å². The topological polar surface area (TPSA) is 244 Å². The van der Waals surface area contributed by atoms with E-state index in [1.807, 2.05) is 6.92 Å². The summed E-state index contributed by atoms with van der Waals surface area (Å²) in [6, 6.07) is -4.16. The van der Waals surface area contributed by atoms with Crippen molar-refractivity contribution in [2.75, 3.05) is 6.54 Å². The van der Waals surface area contributed by atoms with Crippen LogP contribution in [0.2, 0.25) is 0 Å². The zero-order valence-corrected chi connectivity index (χ0v) is 21.9. The fourth-order valence-electron chi connectivity index (χ4n) is 3.38. The van der Waals surface area contributed by atoms with E-state index in [9.17, 15) is 24.3 Å². The Labute approximate surface area is 216 Å². The second-order valence-electron chi connectivity index (χ2n) is 9.33. The lowest BCUT2D eigenvalue weighted by Crippen LogP contribution is -2.58. The number of carbonyl (C=O) groups is 4. The summed E-state index contributed by atoms with van der Waals surface area (Å²) in [7, 11) is 0. The van der Waals surface area contributed by atoms with Gasteiger partial charge in [-0.1, -0.05) is 34.1 Å². The number of aliphatic imine (C=N–C) groups is 1. The van der Waals surface area contributed by atoms with Crippen LogP contribution in [0.25, 0.3) is 0 Å². The van der Waals surface area contributed by atoms with Gasteiger partial charge in [-0.2, -0.15) is 0 Å². The molecule has 0 spiro atoms. The smallest absolute Gasteiger partial charge is 0.326 e. The third-order valence-corrected chi connectivity index (χ3v) is 5.99. The number of aromatic nitrogens is 2. The van der Waals surface area contributed by atoms with Crippen molar-refractivity contribution >= 4 is 29.7 Å². The molecule has 0 aliphatic heterocycles. The fourth-order valence-corrected chi connectivity index (χ4v) is 3.38. The average Bonchev–Trinajstić information content (AvgIpc) is 3.35. The van der Waals surface area contributed by atoms with Crippen LogP contribution in [0, 0.1) is 11.8 Å². The molecule has 0 bridgehead atoms. The number of nitrogens with zero attached hydrogens (tertiary/aromatic N) is 2. The van der Waals surface area contributed by atoms with Crippen LogP contribution in [-0.2, 0) is 25.6 Å². The molecule has 14 heteroatoms. The standard InChI is InChI=1S/C23H41N9O5/c1-5-13(4)18(22(36)37)32-19(33)15(7-6-8-28-23(25)26)30-20(34)16(9-14-10-27-11-29-14)31-21(35)17(24)12(2)3/h10-13,15-18H,5-9,24H2,1-4H3,(H,27,29)(H,30,34)(H,31,35)(H,32,33)(H,36,37)(H4,25,26,28)/t13-,15-,16-,17-,18-/m0/s1. The number of rotatable bonds is 16. The van der Waals surface area contributed by atoms with Crippen molar-refractivity contribution < 1.29 is 24.3 Å². The molecule has 0 aliphatic carbocycles. The molecule has 37 heavy (non-hydrogen) atoms. The normalized spacial score (nSPS) is 15.1. The number of hydrogen-bond acceptors (Lipinski definition) is 7. The van der Waals surface area contributed by atoms with Crippen molar-refractivity contribution in [2.24, 2.45) is 34.0 Å². The number of guanidine groups is 1. The Morgan fingerprint density at radius 3 is 2.19 bits per heavy atom. The Bertz CT molecular complexity index is 916. The molecule has 1 aromatic heterocycles. The highest BCUT2D eigenvalue weighted by Gasteiger charge is 2.32. The van der Waals surface area contributed by atoms with E-state index in [2.05, 4.69) is 30.9 Å². The van der Waals surface area contributed by atoms with Crippen molar-refractivity contribution in [2.45, 2.75) is 77.5 Å². The Balaban J connectivity index is 3.13.